The molecule has 1 unspecified atom stereocenters. The topological polar surface area (TPSA) is 86.8 Å². The predicted octanol–water partition coefficient (Wildman–Crippen LogP) is 3.63. The Morgan fingerprint density at radius 2 is 1.56 bits per heavy atom. The maximum Gasteiger partial charge on any atom is 0.244 e. The van der Waals surface area contributed by atoms with Crippen molar-refractivity contribution in [3.63, 3.8) is 0 Å². The minimum Gasteiger partial charge on any atom is -0.357 e. The molecule has 1 N–H and O–H groups in total. The van der Waals surface area contributed by atoms with Crippen LogP contribution in [0.4, 0.5) is 10.1 Å². The number of amides is 2. The van der Waals surface area contributed by atoms with Gasteiger partial charge in [0.1, 0.15) is 18.4 Å². The molecule has 36 heavy (non-hydrogen) atoms. The molecular weight excluding hydrogens is 505 g/mol. The third kappa shape index (κ3) is 7.29. The Balaban J connectivity index is 2.00. The van der Waals surface area contributed by atoms with Crippen LogP contribution in [0.1, 0.15) is 11.1 Å². The van der Waals surface area contributed by atoms with Gasteiger partial charge in [-0.25, -0.2) is 12.8 Å². The van der Waals surface area contributed by atoms with Gasteiger partial charge in [0.05, 0.1) is 11.9 Å². The van der Waals surface area contributed by atoms with Crippen LogP contribution in [0.3, 0.4) is 0 Å². The smallest absolute Gasteiger partial charge is 0.244 e. The zero-order valence-electron chi connectivity index (χ0n) is 19.9. The molecular formula is C26H27ClFN3O4S. The first-order chi connectivity index (χ1) is 17.1. The minimum absolute atomic E-state index is 0.0436. The largest absolute Gasteiger partial charge is 0.357 e. The second-order valence-corrected chi connectivity index (χ2v) is 10.6. The maximum atomic E-state index is 13.7. The molecule has 0 aliphatic heterocycles. The lowest BCUT2D eigenvalue weighted by molar-refractivity contribution is -0.139. The van der Waals surface area contributed by atoms with E-state index in [2.05, 4.69) is 5.32 Å². The van der Waals surface area contributed by atoms with Crippen molar-refractivity contribution in [1.82, 2.24) is 10.2 Å². The Labute approximate surface area is 215 Å². The fourth-order valence-electron chi connectivity index (χ4n) is 3.73. The molecule has 0 aromatic heterocycles. The molecule has 0 aliphatic rings. The number of hydrogen-bond donors (Lipinski definition) is 1. The van der Waals surface area contributed by atoms with Crippen molar-refractivity contribution in [2.24, 2.45) is 0 Å². The van der Waals surface area contributed by atoms with Crippen molar-refractivity contribution in [3.8, 4) is 0 Å². The van der Waals surface area contributed by atoms with E-state index in [4.69, 9.17) is 11.6 Å². The molecule has 0 radical (unpaired) electrons. The van der Waals surface area contributed by atoms with Crippen LogP contribution < -0.4 is 9.62 Å². The molecule has 7 nitrogen and oxygen atoms in total. The van der Waals surface area contributed by atoms with Crippen LogP contribution in [0.25, 0.3) is 0 Å². The number of carbonyl (C=O) groups is 2. The summed E-state index contributed by atoms with van der Waals surface area (Å²) >= 11 is 6.01. The second kappa shape index (κ2) is 12.0. The van der Waals surface area contributed by atoms with E-state index >= 15 is 0 Å². The van der Waals surface area contributed by atoms with Crippen molar-refractivity contribution in [1.29, 1.82) is 0 Å². The summed E-state index contributed by atoms with van der Waals surface area (Å²) in [6.45, 7) is -0.526. The average molecular weight is 532 g/mol. The molecule has 2 amide bonds. The normalized spacial score (nSPS) is 12.0. The summed E-state index contributed by atoms with van der Waals surface area (Å²) in [5.74, 6) is -1.52. The fraction of sp³-hybridized carbons (Fsp3) is 0.231. The molecule has 0 saturated heterocycles. The zero-order valence-corrected chi connectivity index (χ0v) is 21.5. The Bertz CT molecular complexity index is 1290. The Kier molecular flexibility index (Phi) is 9.06. The quantitative estimate of drug-likeness (QED) is 0.433. The van der Waals surface area contributed by atoms with E-state index < -0.39 is 40.2 Å². The highest BCUT2D eigenvalue weighted by Crippen LogP contribution is 2.21. The highest BCUT2D eigenvalue weighted by atomic mass is 35.5. The van der Waals surface area contributed by atoms with Crippen molar-refractivity contribution >= 4 is 39.1 Å². The summed E-state index contributed by atoms with van der Waals surface area (Å²) in [7, 11) is -2.42. The molecule has 190 valence electrons. The van der Waals surface area contributed by atoms with Crippen molar-refractivity contribution in [3.05, 3.63) is 101 Å². The zero-order chi connectivity index (χ0) is 26.3. The highest BCUT2D eigenvalue weighted by Gasteiger charge is 2.32. The lowest BCUT2D eigenvalue weighted by Gasteiger charge is -2.33. The number of sulfonamides is 1. The SMILES string of the molecule is CNC(=O)C(Cc1ccccc1)N(Cc1ccc(Cl)cc1)C(=O)CN(c1ccc(F)cc1)S(C)(=O)=O. The first kappa shape index (κ1) is 27.2. The third-order valence-corrected chi connectivity index (χ3v) is 6.97. The van der Waals surface area contributed by atoms with Gasteiger partial charge in [0.2, 0.25) is 21.8 Å². The number of nitrogens with one attached hydrogen (secondary N) is 1. The monoisotopic (exact) mass is 531 g/mol. The van der Waals surface area contributed by atoms with Crippen LogP contribution in [0, 0.1) is 5.82 Å². The van der Waals surface area contributed by atoms with Gasteiger partial charge in [-0.15, -0.1) is 0 Å². The number of hydrogen-bond acceptors (Lipinski definition) is 4. The van der Waals surface area contributed by atoms with Crippen LogP contribution >= 0.6 is 11.6 Å². The summed E-state index contributed by atoms with van der Waals surface area (Å²) in [6, 6.07) is 19.9. The number of carbonyl (C=O) groups excluding carboxylic acids is 2. The predicted molar refractivity (Wildman–Crippen MR) is 139 cm³/mol. The van der Waals surface area contributed by atoms with E-state index in [0.717, 1.165) is 28.3 Å². The van der Waals surface area contributed by atoms with Gasteiger partial charge in [0.25, 0.3) is 0 Å². The van der Waals surface area contributed by atoms with Gasteiger partial charge in [-0.2, -0.15) is 0 Å². The number of rotatable bonds is 10. The first-order valence-corrected chi connectivity index (χ1v) is 13.3. The molecule has 0 bridgehead atoms. The van der Waals surface area contributed by atoms with Crippen molar-refractivity contribution in [2.45, 2.75) is 19.0 Å². The lowest BCUT2D eigenvalue weighted by Crippen LogP contribution is -2.52. The minimum atomic E-state index is -3.90. The Hall–Kier alpha value is -3.43. The van der Waals surface area contributed by atoms with Gasteiger partial charge in [-0.1, -0.05) is 54.1 Å². The Morgan fingerprint density at radius 1 is 0.944 bits per heavy atom. The highest BCUT2D eigenvalue weighted by molar-refractivity contribution is 7.92. The molecule has 1 atom stereocenters. The fourth-order valence-corrected chi connectivity index (χ4v) is 4.70. The first-order valence-electron chi connectivity index (χ1n) is 11.1. The van der Waals surface area contributed by atoms with Crippen LogP contribution in [0.15, 0.2) is 78.9 Å². The Morgan fingerprint density at radius 3 is 2.11 bits per heavy atom. The van der Waals surface area contributed by atoms with Crippen LogP contribution in [0.2, 0.25) is 5.02 Å². The summed E-state index contributed by atoms with van der Waals surface area (Å²) in [6.07, 6.45) is 1.18. The van der Waals surface area contributed by atoms with Crippen LogP contribution in [-0.4, -0.2) is 51.0 Å². The van der Waals surface area contributed by atoms with Gasteiger partial charge in [-0.3, -0.25) is 13.9 Å². The van der Waals surface area contributed by atoms with Crippen LogP contribution in [-0.2, 0) is 32.6 Å². The van der Waals surface area contributed by atoms with Crippen molar-refractivity contribution in [2.75, 3.05) is 24.2 Å². The number of likely N-dealkylation sites (N-methyl/N-ethyl adjacent to an activating group) is 1. The van der Waals surface area contributed by atoms with E-state index in [-0.39, 0.29) is 18.7 Å². The standard InChI is InChI=1S/C26H27ClFN3O4S/c1-29-26(33)24(16-19-6-4-3-5-7-19)30(17-20-8-10-21(27)11-9-20)25(32)18-31(36(2,34)35)23-14-12-22(28)13-15-23/h3-15,24H,16-18H2,1-2H3,(H,29,33). The van der Waals surface area contributed by atoms with Gasteiger partial charge >= 0.3 is 0 Å². The molecule has 3 aromatic rings. The molecule has 3 aromatic carbocycles. The number of halogens is 2. The van der Waals surface area contributed by atoms with Gasteiger partial charge in [-0.05, 0) is 47.5 Å². The second-order valence-electron chi connectivity index (χ2n) is 8.21. The van der Waals surface area contributed by atoms with E-state index in [1.54, 1.807) is 24.3 Å². The maximum absolute atomic E-state index is 13.7. The molecule has 0 heterocycles. The lowest BCUT2D eigenvalue weighted by atomic mass is 10.0. The molecule has 10 heteroatoms. The third-order valence-electron chi connectivity index (χ3n) is 5.58. The summed E-state index contributed by atoms with van der Waals surface area (Å²) in [5, 5.41) is 3.13. The van der Waals surface area contributed by atoms with Crippen LogP contribution in [0.5, 0.6) is 0 Å². The number of nitrogens with zero attached hydrogens (tertiary/aromatic N) is 2. The van der Waals surface area contributed by atoms with Crippen molar-refractivity contribution < 1.29 is 22.4 Å². The van der Waals surface area contributed by atoms with E-state index in [0.29, 0.717) is 10.6 Å². The van der Waals surface area contributed by atoms with Gasteiger partial charge in [0.15, 0.2) is 0 Å². The van der Waals surface area contributed by atoms with E-state index in [1.807, 2.05) is 30.3 Å². The van der Waals surface area contributed by atoms with Gasteiger partial charge in [0, 0.05) is 25.0 Å². The average Bonchev–Trinajstić information content (AvgIpc) is 2.86. The van der Waals surface area contributed by atoms with Gasteiger partial charge < -0.3 is 10.2 Å². The molecule has 0 saturated carbocycles. The summed E-state index contributed by atoms with van der Waals surface area (Å²) in [5.41, 5.74) is 1.68. The van der Waals surface area contributed by atoms with E-state index in [9.17, 15) is 22.4 Å². The summed E-state index contributed by atoms with van der Waals surface area (Å²) < 4.78 is 39.5. The molecule has 0 spiro atoms. The van der Waals surface area contributed by atoms with E-state index in [1.165, 1.54) is 24.1 Å². The number of anilines is 1. The molecule has 3 rings (SSSR count). The number of benzene rings is 3. The molecule has 0 fully saturated rings. The summed E-state index contributed by atoms with van der Waals surface area (Å²) in [4.78, 5) is 28.1. The molecule has 0 aliphatic carbocycles.